The number of aryl methyl sites for hydroxylation is 1. The molecular formula is C20H29ClN2O. The number of rotatable bonds is 2. The highest BCUT2D eigenvalue weighted by molar-refractivity contribution is 5.85. The Kier molecular flexibility index (Phi) is 5.51. The highest BCUT2D eigenvalue weighted by Crippen LogP contribution is 2.42. The molecule has 4 heteroatoms. The van der Waals surface area contributed by atoms with Gasteiger partial charge in [-0.15, -0.1) is 12.4 Å². The van der Waals surface area contributed by atoms with E-state index < -0.39 is 0 Å². The van der Waals surface area contributed by atoms with Crippen molar-refractivity contribution in [1.29, 1.82) is 0 Å². The average molecular weight is 349 g/mol. The van der Waals surface area contributed by atoms with E-state index in [9.17, 15) is 4.79 Å². The summed E-state index contributed by atoms with van der Waals surface area (Å²) in [5.41, 5.74) is 9.10. The third kappa shape index (κ3) is 3.34. The molecule has 0 radical (unpaired) electrons. The number of benzene rings is 1. The molecule has 2 bridgehead atoms. The van der Waals surface area contributed by atoms with Crippen LogP contribution in [0.1, 0.15) is 62.1 Å². The topological polar surface area (TPSA) is 55.1 Å². The van der Waals surface area contributed by atoms with Crippen molar-refractivity contribution in [2.45, 2.75) is 63.5 Å². The van der Waals surface area contributed by atoms with Crippen molar-refractivity contribution in [1.82, 2.24) is 5.32 Å². The van der Waals surface area contributed by atoms with Crippen LogP contribution in [0.5, 0.6) is 0 Å². The molecule has 132 valence electrons. The van der Waals surface area contributed by atoms with Gasteiger partial charge in [0.25, 0.3) is 0 Å². The first-order valence-corrected chi connectivity index (χ1v) is 9.36. The molecule has 1 aromatic rings. The van der Waals surface area contributed by atoms with E-state index in [1.807, 2.05) is 0 Å². The lowest BCUT2D eigenvalue weighted by molar-refractivity contribution is -0.128. The van der Waals surface area contributed by atoms with Crippen LogP contribution in [-0.4, -0.2) is 11.9 Å². The minimum Gasteiger partial charge on any atom is -0.349 e. The lowest BCUT2D eigenvalue weighted by Gasteiger charge is -2.44. The summed E-state index contributed by atoms with van der Waals surface area (Å²) in [6, 6.07) is 9.13. The number of nitrogens with one attached hydrogen (secondary N) is 1. The molecule has 3 N–H and O–H groups in total. The number of hydrogen-bond donors (Lipinski definition) is 2. The van der Waals surface area contributed by atoms with Gasteiger partial charge in [0, 0.05) is 12.0 Å². The quantitative estimate of drug-likeness (QED) is 0.855. The molecule has 0 spiro atoms. The van der Waals surface area contributed by atoms with Crippen LogP contribution in [0.4, 0.5) is 0 Å². The second-order valence-corrected chi connectivity index (χ2v) is 7.85. The smallest absolute Gasteiger partial charge is 0.223 e. The fraction of sp³-hybridized carbons (Fsp3) is 0.650. The highest BCUT2D eigenvalue weighted by Gasteiger charge is 2.41. The van der Waals surface area contributed by atoms with Crippen LogP contribution >= 0.6 is 12.4 Å². The van der Waals surface area contributed by atoms with E-state index in [1.54, 1.807) is 0 Å². The molecule has 3 atom stereocenters. The van der Waals surface area contributed by atoms with Crippen LogP contribution in [0, 0.1) is 17.8 Å². The molecule has 2 saturated carbocycles. The molecule has 4 rings (SSSR count). The van der Waals surface area contributed by atoms with Crippen molar-refractivity contribution in [2.75, 3.05) is 0 Å². The van der Waals surface area contributed by atoms with Gasteiger partial charge < -0.3 is 11.1 Å². The molecule has 3 unspecified atom stereocenters. The van der Waals surface area contributed by atoms with Crippen LogP contribution in [0.3, 0.4) is 0 Å². The van der Waals surface area contributed by atoms with Crippen LogP contribution < -0.4 is 11.1 Å². The molecule has 2 fully saturated rings. The van der Waals surface area contributed by atoms with Gasteiger partial charge in [0.05, 0.1) is 6.04 Å². The van der Waals surface area contributed by atoms with Crippen LogP contribution in [-0.2, 0) is 11.2 Å². The zero-order valence-corrected chi connectivity index (χ0v) is 15.1. The summed E-state index contributed by atoms with van der Waals surface area (Å²) in [4.78, 5) is 12.9. The lowest BCUT2D eigenvalue weighted by Crippen LogP contribution is -2.49. The Bertz CT molecular complexity index is 577. The van der Waals surface area contributed by atoms with E-state index in [1.165, 1.54) is 36.8 Å². The Hall–Kier alpha value is -1.06. The summed E-state index contributed by atoms with van der Waals surface area (Å²) < 4.78 is 0. The Morgan fingerprint density at radius 3 is 2.50 bits per heavy atom. The summed E-state index contributed by atoms with van der Waals surface area (Å²) in [5.74, 6) is 1.59. The minimum absolute atomic E-state index is 0. The molecule has 0 heterocycles. The van der Waals surface area contributed by atoms with Gasteiger partial charge in [-0.1, -0.05) is 30.7 Å². The summed E-state index contributed by atoms with van der Waals surface area (Å²) in [6.07, 6.45) is 9.11. The fourth-order valence-corrected chi connectivity index (χ4v) is 5.20. The van der Waals surface area contributed by atoms with Gasteiger partial charge >= 0.3 is 0 Å². The van der Waals surface area contributed by atoms with E-state index in [4.69, 9.17) is 5.73 Å². The maximum atomic E-state index is 12.9. The van der Waals surface area contributed by atoms with Gasteiger partial charge in [-0.3, -0.25) is 4.79 Å². The lowest BCUT2D eigenvalue weighted by atomic mass is 9.65. The highest BCUT2D eigenvalue weighted by atomic mass is 35.5. The fourth-order valence-electron chi connectivity index (χ4n) is 5.20. The maximum absolute atomic E-state index is 12.9. The van der Waals surface area contributed by atoms with Gasteiger partial charge in [0.15, 0.2) is 0 Å². The predicted octanol–water partition coefficient (Wildman–Crippen LogP) is 3.76. The maximum Gasteiger partial charge on any atom is 0.223 e. The first kappa shape index (κ1) is 17.8. The van der Waals surface area contributed by atoms with Crippen molar-refractivity contribution in [3.63, 3.8) is 0 Å². The average Bonchev–Trinajstić information content (AvgIpc) is 2.55. The number of fused-ring (bicyclic) bond motifs is 3. The van der Waals surface area contributed by atoms with E-state index in [2.05, 4.69) is 29.6 Å². The predicted molar refractivity (Wildman–Crippen MR) is 99.0 cm³/mol. The number of halogens is 1. The molecule has 3 aliphatic rings. The number of carbonyl (C=O) groups excluding carboxylic acids is 1. The number of hydrogen-bond acceptors (Lipinski definition) is 2. The Morgan fingerprint density at radius 2 is 1.75 bits per heavy atom. The standard InChI is InChI=1S/C20H28N2O.ClH/c21-19-14-7-3-8-15(19)12-16(11-14)20(23)22-18-10-4-6-13-5-1-2-9-17(13)18;/h1-2,5,9,14-16,18-19H,3-4,6-8,10-12,21H2,(H,22,23);1H. The molecule has 1 aromatic carbocycles. The Morgan fingerprint density at radius 1 is 1.04 bits per heavy atom. The summed E-state index contributed by atoms with van der Waals surface area (Å²) in [5, 5.41) is 3.37. The zero-order chi connectivity index (χ0) is 15.8. The molecule has 1 amide bonds. The summed E-state index contributed by atoms with van der Waals surface area (Å²) in [6.45, 7) is 0. The zero-order valence-electron chi connectivity index (χ0n) is 14.2. The number of carbonyl (C=O) groups is 1. The van der Waals surface area contributed by atoms with Gasteiger partial charge in [-0.2, -0.15) is 0 Å². The first-order chi connectivity index (χ1) is 11.2. The van der Waals surface area contributed by atoms with Crippen molar-refractivity contribution >= 4 is 18.3 Å². The van der Waals surface area contributed by atoms with Crippen molar-refractivity contribution in [2.24, 2.45) is 23.5 Å². The SMILES string of the molecule is Cl.NC1C2CCCC1CC(C(=O)NC1CCCc3ccccc31)C2. The molecule has 3 aliphatic carbocycles. The molecule has 3 nitrogen and oxygen atoms in total. The van der Waals surface area contributed by atoms with Gasteiger partial charge in [0.2, 0.25) is 5.91 Å². The number of nitrogens with two attached hydrogens (primary N) is 1. The normalized spacial score (nSPS) is 34.6. The van der Waals surface area contributed by atoms with Gasteiger partial charge in [-0.05, 0) is 67.9 Å². The van der Waals surface area contributed by atoms with Crippen molar-refractivity contribution < 1.29 is 4.79 Å². The molecule has 0 saturated heterocycles. The molecular weight excluding hydrogens is 320 g/mol. The van der Waals surface area contributed by atoms with Gasteiger partial charge in [-0.25, -0.2) is 0 Å². The van der Waals surface area contributed by atoms with E-state index in [-0.39, 0.29) is 30.3 Å². The molecule has 0 aromatic heterocycles. The van der Waals surface area contributed by atoms with E-state index in [0.717, 1.165) is 25.7 Å². The van der Waals surface area contributed by atoms with Crippen LogP contribution in [0.2, 0.25) is 0 Å². The molecule has 24 heavy (non-hydrogen) atoms. The number of amides is 1. The van der Waals surface area contributed by atoms with Crippen molar-refractivity contribution in [3.8, 4) is 0 Å². The van der Waals surface area contributed by atoms with Crippen molar-refractivity contribution in [3.05, 3.63) is 35.4 Å². The summed E-state index contributed by atoms with van der Waals surface area (Å²) >= 11 is 0. The Balaban J connectivity index is 0.00000169. The summed E-state index contributed by atoms with van der Waals surface area (Å²) in [7, 11) is 0. The monoisotopic (exact) mass is 348 g/mol. The molecule has 0 aliphatic heterocycles. The largest absolute Gasteiger partial charge is 0.349 e. The minimum atomic E-state index is 0. The van der Waals surface area contributed by atoms with Crippen LogP contribution in [0.15, 0.2) is 24.3 Å². The van der Waals surface area contributed by atoms with E-state index in [0.29, 0.717) is 17.9 Å². The van der Waals surface area contributed by atoms with Gasteiger partial charge in [0.1, 0.15) is 0 Å². The van der Waals surface area contributed by atoms with E-state index >= 15 is 0 Å². The Labute approximate surface area is 151 Å². The second kappa shape index (κ2) is 7.45. The second-order valence-electron chi connectivity index (χ2n) is 7.85. The first-order valence-electron chi connectivity index (χ1n) is 9.36. The third-order valence-corrected chi connectivity index (χ3v) is 6.47. The third-order valence-electron chi connectivity index (χ3n) is 6.47. The van der Waals surface area contributed by atoms with Crippen LogP contribution in [0.25, 0.3) is 0 Å².